The molecule has 0 saturated carbocycles. The third-order valence-electron chi connectivity index (χ3n) is 5.14. The molecule has 0 aliphatic heterocycles. The summed E-state index contributed by atoms with van der Waals surface area (Å²) in [5.41, 5.74) is 0.787. The smallest absolute Gasteiger partial charge is 0.228 e. The van der Waals surface area contributed by atoms with Gasteiger partial charge in [-0.3, -0.25) is 9.78 Å². The first-order chi connectivity index (χ1) is 15.6. The average Bonchev–Trinajstić information content (AvgIpc) is 3.15. The van der Waals surface area contributed by atoms with Gasteiger partial charge in [-0.2, -0.15) is 0 Å². The van der Waals surface area contributed by atoms with Gasteiger partial charge in [0.2, 0.25) is 5.91 Å². The summed E-state index contributed by atoms with van der Waals surface area (Å²) in [4.78, 5) is 21.0. The van der Waals surface area contributed by atoms with Crippen molar-refractivity contribution in [3.05, 3.63) is 72.8 Å². The Balaban J connectivity index is 1.74. The molecule has 1 amide bonds. The molecule has 0 radical (unpaired) electrons. The number of carbonyl (C=O) groups is 1. The fraction of sp³-hybridized carbons (Fsp3) is 0.208. The molecule has 0 saturated heterocycles. The second kappa shape index (κ2) is 9.38. The third kappa shape index (κ3) is 4.34. The van der Waals surface area contributed by atoms with Crippen LogP contribution in [-0.2, 0) is 4.79 Å². The summed E-state index contributed by atoms with van der Waals surface area (Å²) in [5, 5.41) is 15.3. The molecule has 1 atom stereocenters. The van der Waals surface area contributed by atoms with Crippen molar-refractivity contribution in [2.24, 2.45) is 0 Å². The van der Waals surface area contributed by atoms with Crippen LogP contribution < -0.4 is 14.8 Å². The molecule has 164 valence electrons. The van der Waals surface area contributed by atoms with E-state index in [0.29, 0.717) is 29.3 Å². The predicted octanol–water partition coefficient (Wildman–Crippen LogP) is 4.16. The lowest BCUT2D eigenvalue weighted by Gasteiger charge is -2.21. The molecule has 4 rings (SSSR count). The number of carbonyl (C=O) groups excluding carboxylic acids is 1. The lowest BCUT2D eigenvalue weighted by atomic mass is 10.0. The zero-order valence-corrected chi connectivity index (χ0v) is 17.9. The summed E-state index contributed by atoms with van der Waals surface area (Å²) >= 11 is 0. The van der Waals surface area contributed by atoms with Crippen molar-refractivity contribution in [3.8, 4) is 17.4 Å². The van der Waals surface area contributed by atoms with E-state index in [2.05, 4.69) is 15.3 Å². The van der Waals surface area contributed by atoms with Crippen LogP contribution >= 0.6 is 0 Å². The van der Waals surface area contributed by atoms with Gasteiger partial charge in [0, 0.05) is 29.4 Å². The van der Waals surface area contributed by atoms with Crippen molar-refractivity contribution in [3.63, 3.8) is 0 Å². The molecule has 32 heavy (non-hydrogen) atoms. The van der Waals surface area contributed by atoms with Gasteiger partial charge in [-0.25, -0.2) is 4.98 Å². The zero-order chi connectivity index (χ0) is 22.5. The van der Waals surface area contributed by atoms with Gasteiger partial charge in [0.05, 0.1) is 32.4 Å². The summed E-state index contributed by atoms with van der Waals surface area (Å²) in [7, 11) is 1.57. The number of ether oxygens (including phenoxy) is 2. The van der Waals surface area contributed by atoms with Crippen LogP contribution in [-0.4, -0.2) is 39.3 Å². The van der Waals surface area contributed by atoms with Crippen molar-refractivity contribution >= 4 is 22.5 Å². The first-order valence-electron chi connectivity index (χ1n) is 10.3. The molecule has 0 aliphatic carbocycles. The number of amides is 1. The van der Waals surface area contributed by atoms with Crippen molar-refractivity contribution in [1.82, 2.24) is 14.5 Å². The van der Waals surface area contributed by atoms with Crippen molar-refractivity contribution in [2.75, 3.05) is 19.0 Å². The summed E-state index contributed by atoms with van der Waals surface area (Å²) in [6.07, 6.45) is 6.42. The highest BCUT2D eigenvalue weighted by Gasteiger charge is 2.23. The number of aromatic nitrogens is 3. The summed E-state index contributed by atoms with van der Waals surface area (Å²) in [5.74, 6) is 1.36. The predicted molar refractivity (Wildman–Crippen MR) is 121 cm³/mol. The van der Waals surface area contributed by atoms with Crippen LogP contribution in [0.2, 0.25) is 0 Å². The van der Waals surface area contributed by atoms with E-state index in [0.717, 1.165) is 10.9 Å². The van der Waals surface area contributed by atoms with Crippen LogP contribution in [0.3, 0.4) is 0 Å². The minimum absolute atomic E-state index is 0.0578. The number of rotatable bonds is 8. The Hall–Kier alpha value is -4.07. The Morgan fingerprint density at radius 3 is 2.75 bits per heavy atom. The van der Waals surface area contributed by atoms with Gasteiger partial charge in [0.25, 0.3) is 0 Å². The standard InChI is InChI=1S/C24H24N4O4/c1-3-32-20-9-8-16(12-21(20)31-2)19(13-23(29)27-22-14-25-10-11-26-22)28-15-17-6-4-5-7-18(17)24(28)30/h4-12,14-15,19,30H,3,13H2,1-2H3,(H,26,27,29). The van der Waals surface area contributed by atoms with Crippen molar-refractivity contribution in [2.45, 2.75) is 19.4 Å². The maximum absolute atomic E-state index is 12.9. The number of nitrogens with zero attached hydrogens (tertiary/aromatic N) is 3. The fourth-order valence-electron chi connectivity index (χ4n) is 3.68. The fourth-order valence-corrected chi connectivity index (χ4v) is 3.68. The second-order valence-electron chi connectivity index (χ2n) is 7.15. The van der Waals surface area contributed by atoms with E-state index in [4.69, 9.17) is 9.47 Å². The van der Waals surface area contributed by atoms with Crippen LogP contribution in [0.25, 0.3) is 10.8 Å². The number of fused-ring (bicyclic) bond motifs is 1. The number of hydrogen-bond donors (Lipinski definition) is 2. The highest BCUT2D eigenvalue weighted by molar-refractivity contribution is 5.91. The number of anilines is 1. The Kier molecular flexibility index (Phi) is 6.21. The SMILES string of the molecule is CCOc1ccc(C(CC(=O)Nc2cnccn2)n2cc3ccccc3c2O)cc1OC. The van der Waals surface area contributed by atoms with Crippen LogP contribution in [0.4, 0.5) is 5.82 Å². The van der Waals surface area contributed by atoms with Crippen LogP contribution in [0.5, 0.6) is 17.4 Å². The van der Waals surface area contributed by atoms with Crippen molar-refractivity contribution < 1.29 is 19.4 Å². The normalized spacial score (nSPS) is 11.8. The van der Waals surface area contributed by atoms with E-state index >= 15 is 0 Å². The number of methoxy groups -OCH3 is 1. The lowest BCUT2D eigenvalue weighted by Crippen LogP contribution is -2.20. The molecule has 2 aromatic heterocycles. The Bertz CT molecular complexity index is 1220. The molecule has 2 N–H and O–H groups in total. The molecule has 0 fully saturated rings. The van der Waals surface area contributed by atoms with E-state index in [1.165, 1.54) is 18.6 Å². The maximum Gasteiger partial charge on any atom is 0.228 e. The Morgan fingerprint density at radius 2 is 2.03 bits per heavy atom. The van der Waals surface area contributed by atoms with Gasteiger partial charge in [-0.15, -0.1) is 0 Å². The number of hydrogen-bond acceptors (Lipinski definition) is 6. The molecule has 1 unspecified atom stereocenters. The highest BCUT2D eigenvalue weighted by Crippen LogP contribution is 2.37. The van der Waals surface area contributed by atoms with E-state index in [-0.39, 0.29) is 18.2 Å². The molecular weight excluding hydrogens is 408 g/mol. The number of benzene rings is 2. The quantitative estimate of drug-likeness (QED) is 0.434. The summed E-state index contributed by atoms with van der Waals surface area (Å²) in [6, 6.07) is 12.5. The van der Waals surface area contributed by atoms with Gasteiger partial charge in [0.1, 0.15) is 0 Å². The first kappa shape index (κ1) is 21.2. The molecule has 2 aromatic carbocycles. The van der Waals surface area contributed by atoms with E-state index in [1.807, 2.05) is 55.6 Å². The molecule has 4 aromatic rings. The molecule has 8 nitrogen and oxygen atoms in total. The van der Waals surface area contributed by atoms with E-state index in [9.17, 15) is 9.90 Å². The van der Waals surface area contributed by atoms with Gasteiger partial charge in [0.15, 0.2) is 23.2 Å². The monoisotopic (exact) mass is 432 g/mol. The van der Waals surface area contributed by atoms with Gasteiger partial charge >= 0.3 is 0 Å². The minimum Gasteiger partial charge on any atom is -0.494 e. The molecule has 8 heteroatoms. The third-order valence-corrected chi connectivity index (χ3v) is 5.14. The van der Waals surface area contributed by atoms with Gasteiger partial charge in [-0.05, 0) is 30.7 Å². The van der Waals surface area contributed by atoms with E-state index in [1.54, 1.807) is 11.7 Å². The van der Waals surface area contributed by atoms with Crippen LogP contribution in [0, 0.1) is 0 Å². The molecule has 2 heterocycles. The first-order valence-corrected chi connectivity index (χ1v) is 10.3. The van der Waals surface area contributed by atoms with Gasteiger partial charge in [-0.1, -0.05) is 24.3 Å². The molecule has 0 bridgehead atoms. The van der Waals surface area contributed by atoms with Crippen LogP contribution in [0.1, 0.15) is 24.9 Å². The average molecular weight is 432 g/mol. The molecule has 0 spiro atoms. The molecular formula is C24H24N4O4. The second-order valence-corrected chi connectivity index (χ2v) is 7.15. The number of aromatic hydroxyl groups is 1. The Labute approximate surface area is 185 Å². The minimum atomic E-state index is -0.497. The summed E-state index contributed by atoms with van der Waals surface area (Å²) in [6.45, 7) is 2.40. The van der Waals surface area contributed by atoms with Gasteiger partial charge < -0.3 is 24.5 Å². The molecule has 0 aliphatic rings. The van der Waals surface area contributed by atoms with Crippen LogP contribution in [0.15, 0.2) is 67.3 Å². The highest BCUT2D eigenvalue weighted by atomic mass is 16.5. The lowest BCUT2D eigenvalue weighted by molar-refractivity contribution is -0.116. The largest absolute Gasteiger partial charge is 0.494 e. The summed E-state index contributed by atoms with van der Waals surface area (Å²) < 4.78 is 12.8. The maximum atomic E-state index is 12.9. The van der Waals surface area contributed by atoms with Crippen molar-refractivity contribution in [1.29, 1.82) is 0 Å². The van der Waals surface area contributed by atoms with E-state index < -0.39 is 6.04 Å². The Morgan fingerprint density at radius 1 is 1.19 bits per heavy atom. The zero-order valence-electron chi connectivity index (χ0n) is 17.9. The topological polar surface area (TPSA) is 98.5 Å². The number of nitrogens with one attached hydrogen (secondary N) is 1.